The highest BCUT2D eigenvalue weighted by molar-refractivity contribution is 6.02. The molecule has 0 aromatic heterocycles. The number of likely N-dealkylation sites (tertiary alicyclic amines) is 1. The van der Waals surface area contributed by atoms with Gasteiger partial charge in [-0.3, -0.25) is 14.4 Å². The van der Waals surface area contributed by atoms with E-state index in [2.05, 4.69) is 10.6 Å². The van der Waals surface area contributed by atoms with Gasteiger partial charge in [0.15, 0.2) is 0 Å². The number of anilines is 1. The summed E-state index contributed by atoms with van der Waals surface area (Å²) in [6, 6.07) is 6.05. The Morgan fingerprint density at radius 2 is 1.94 bits per heavy atom. The molecule has 3 amide bonds. The second-order valence-electron chi connectivity index (χ2n) is 9.59. The van der Waals surface area contributed by atoms with Gasteiger partial charge in [-0.05, 0) is 64.8 Å². The zero-order valence-electron chi connectivity index (χ0n) is 19.6. The fraction of sp³-hybridized carbons (Fsp3) is 0.625. The van der Waals surface area contributed by atoms with Gasteiger partial charge in [0.2, 0.25) is 17.7 Å². The van der Waals surface area contributed by atoms with Crippen LogP contribution in [0.25, 0.3) is 0 Å². The number of β-amino-alcohol motifs (C(OH)–C–C–N with tert-alkyl or cyclic N) is 1. The van der Waals surface area contributed by atoms with E-state index in [0.29, 0.717) is 30.9 Å². The van der Waals surface area contributed by atoms with E-state index in [0.717, 1.165) is 0 Å². The molecule has 3 heterocycles. The summed E-state index contributed by atoms with van der Waals surface area (Å²) < 4.78 is 11.9. The van der Waals surface area contributed by atoms with E-state index < -0.39 is 29.1 Å². The highest BCUT2D eigenvalue weighted by atomic mass is 16.5. The van der Waals surface area contributed by atoms with Crippen molar-refractivity contribution in [1.82, 2.24) is 10.2 Å². The van der Waals surface area contributed by atoms with Gasteiger partial charge in [0, 0.05) is 18.3 Å². The predicted octanol–water partition coefficient (Wildman–Crippen LogP) is 1.31. The van der Waals surface area contributed by atoms with Crippen molar-refractivity contribution < 1.29 is 29.0 Å². The molecule has 2 bridgehead atoms. The quantitative estimate of drug-likeness (QED) is 0.540. The van der Waals surface area contributed by atoms with Crippen LogP contribution in [0.5, 0.6) is 5.75 Å². The molecule has 3 aliphatic heterocycles. The minimum atomic E-state index is -1.08. The van der Waals surface area contributed by atoms with Crippen LogP contribution in [-0.2, 0) is 19.1 Å². The van der Waals surface area contributed by atoms with Crippen LogP contribution in [0, 0.1) is 11.8 Å². The average molecular weight is 460 g/mol. The van der Waals surface area contributed by atoms with Crippen molar-refractivity contribution >= 4 is 23.4 Å². The van der Waals surface area contributed by atoms with Crippen molar-refractivity contribution in [3.05, 3.63) is 24.3 Å². The number of carbonyl (C=O) groups excluding carboxylic acids is 3. The fourth-order valence-corrected chi connectivity index (χ4v) is 5.86. The lowest BCUT2D eigenvalue weighted by Crippen LogP contribution is -2.56. The highest BCUT2D eigenvalue weighted by Gasteiger charge is 2.77. The Morgan fingerprint density at radius 3 is 2.55 bits per heavy atom. The number of rotatable bonds is 8. The maximum absolute atomic E-state index is 13.5. The first-order chi connectivity index (χ1) is 15.7. The zero-order valence-corrected chi connectivity index (χ0v) is 19.6. The Hall–Kier alpha value is -2.65. The third kappa shape index (κ3) is 3.77. The molecule has 1 spiro atoms. The van der Waals surface area contributed by atoms with Crippen molar-refractivity contribution in [2.24, 2.45) is 11.8 Å². The molecule has 3 fully saturated rings. The number of hydrogen-bond donors (Lipinski definition) is 3. The van der Waals surface area contributed by atoms with Crippen molar-refractivity contribution in [3.63, 3.8) is 0 Å². The van der Waals surface area contributed by atoms with Gasteiger partial charge in [-0.2, -0.15) is 0 Å². The molecule has 9 heteroatoms. The number of hydrogen-bond acceptors (Lipinski definition) is 6. The van der Waals surface area contributed by atoms with Crippen LogP contribution in [0.4, 0.5) is 5.69 Å². The molecule has 33 heavy (non-hydrogen) atoms. The van der Waals surface area contributed by atoms with E-state index in [1.165, 1.54) is 4.90 Å². The van der Waals surface area contributed by atoms with E-state index in [1.807, 2.05) is 27.7 Å². The fourth-order valence-electron chi connectivity index (χ4n) is 5.86. The summed E-state index contributed by atoms with van der Waals surface area (Å²) in [5.74, 6) is -1.77. The molecule has 3 aliphatic rings. The van der Waals surface area contributed by atoms with Gasteiger partial charge >= 0.3 is 0 Å². The van der Waals surface area contributed by atoms with Gasteiger partial charge < -0.3 is 30.1 Å². The molecule has 0 saturated carbocycles. The largest absolute Gasteiger partial charge is 0.494 e. The Labute approximate surface area is 193 Å². The molecule has 3 saturated heterocycles. The predicted molar refractivity (Wildman–Crippen MR) is 121 cm³/mol. The highest BCUT2D eigenvalue weighted by Crippen LogP contribution is 2.63. The number of benzene rings is 1. The minimum absolute atomic E-state index is 0.0145. The maximum atomic E-state index is 13.5. The number of nitrogens with one attached hydrogen (secondary N) is 2. The van der Waals surface area contributed by atoms with Crippen LogP contribution in [0.1, 0.15) is 40.5 Å². The standard InChI is InChI=1S/C24H33N3O6/c1-5-32-16-8-6-15(7-9-16)26-20(29)17-18-22(31)27(12-13-28)19(21(30)25-14(2)3)24(18)11-10-23(17,4)33-24/h6-9,14,17-19,28H,5,10-13H2,1-4H3,(H,25,30)(H,26,29)/t17-,18-,19?,23+,24?/m0/s1. The van der Waals surface area contributed by atoms with E-state index in [9.17, 15) is 19.5 Å². The first-order valence-corrected chi connectivity index (χ1v) is 11.6. The van der Waals surface area contributed by atoms with Crippen molar-refractivity contribution in [2.75, 3.05) is 25.1 Å². The molecule has 1 aromatic carbocycles. The van der Waals surface area contributed by atoms with E-state index in [4.69, 9.17) is 9.47 Å². The summed E-state index contributed by atoms with van der Waals surface area (Å²) in [5, 5.41) is 15.4. The number of fused-ring (bicyclic) bond motifs is 1. The van der Waals surface area contributed by atoms with Crippen LogP contribution in [0.2, 0.25) is 0 Å². The van der Waals surface area contributed by atoms with E-state index in [-0.39, 0.29) is 36.9 Å². The third-order valence-corrected chi connectivity index (χ3v) is 7.01. The zero-order chi connectivity index (χ0) is 24.0. The number of ether oxygens (including phenoxy) is 2. The Balaban J connectivity index is 1.64. The number of nitrogens with zero attached hydrogens (tertiary/aromatic N) is 1. The van der Waals surface area contributed by atoms with Crippen molar-refractivity contribution in [2.45, 2.75) is 63.8 Å². The Bertz CT molecular complexity index is 935. The lowest BCUT2D eigenvalue weighted by molar-refractivity contribution is -0.145. The molecular formula is C24H33N3O6. The molecule has 180 valence electrons. The second-order valence-corrected chi connectivity index (χ2v) is 9.59. The molecule has 0 aliphatic carbocycles. The summed E-state index contributed by atoms with van der Waals surface area (Å²) >= 11 is 0. The van der Waals surface area contributed by atoms with Crippen LogP contribution < -0.4 is 15.4 Å². The summed E-state index contributed by atoms with van der Waals surface area (Å²) in [6.07, 6.45) is 1.07. The molecule has 1 aromatic rings. The number of carbonyl (C=O) groups is 3. The molecule has 3 N–H and O–H groups in total. The first kappa shape index (κ1) is 23.5. The van der Waals surface area contributed by atoms with Gasteiger partial charge in [0.05, 0.1) is 30.7 Å². The number of aliphatic hydroxyl groups is 1. The van der Waals surface area contributed by atoms with Gasteiger partial charge in [0.25, 0.3) is 0 Å². The summed E-state index contributed by atoms with van der Waals surface area (Å²) in [5.41, 5.74) is -1.34. The van der Waals surface area contributed by atoms with Crippen LogP contribution in [0.15, 0.2) is 24.3 Å². The summed E-state index contributed by atoms with van der Waals surface area (Å²) in [7, 11) is 0. The SMILES string of the molecule is CCOc1ccc(NC(=O)[C@@H]2[C@H]3C(=O)N(CCO)C(C(=O)NC(C)C)C34CC[C@@]2(C)O4)cc1. The average Bonchev–Trinajstić information content (AvgIpc) is 3.31. The van der Waals surface area contributed by atoms with Gasteiger partial charge in [-0.1, -0.05) is 0 Å². The van der Waals surface area contributed by atoms with Crippen LogP contribution >= 0.6 is 0 Å². The number of aliphatic hydroxyl groups excluding tert-OH is 1. The monoisotopic (exact) mass is 459 g/mol. The van der Waals surface area contributed by atoms with Crippen molar-refractivity contribution in [3.8, 4) is 5.75 Å². The normalized spacial score (nSPS) is 32.2. The lowest BCUT2D eigenvalue weighted by atomic mass is 9.66. The van der Waals surface area contributed by atoms with E-state index >= 15 is 0 Å². The number of amides is 3. The van der Waals surface area contributed by atoms with Crippen LogP contribution in [0.3, 0.4) is 0 Å². The second kappa shape index (κ2) is 8.61. The molecule has 2 unspecified atom stereocenters. The minimum Gasteiger partial charge on any atom is -0.494 e. The van der Waals surface area contributed by atoms with Gasteiger partial charge in [0.1, 0.15) is 17.4 Å². The smallest absolute Gasteiger partial charge is 0.246 e. The molecule has 0 radical (unpaired) electrons. The van der Waals surface area contributed by atoms with Gasteiger partial charge in [-0.15, -0.1) is 0 Å². The Morgan fingerprint density at radius 1 is 1.24 bits per heavy atom. The molecular weight excluding hydrogens is 426 g/mol. The molecule has 4 rings (SSSR count). The van der Waals surface area contributed by atoms with Crippen LogP contribution in [-0.4, -0.2) is 70.8 Å². The lowest BCUT2D eigenvalue weighted by Gasteiger charge is -2.33. The van der Waals surface area contributed by atoms with Crippen molar-refractivity contribution in [1.29, 1.82) is 0 Å². The van der Waals surface area contributed by atoms with E-state index in [1.54, 1.807) is 24.3 Å². The molecule has 5 atom stereocenters. The first-order valence-electron chi connectivity index (χ1n) is 11.6. The Kier molecular flexibility index (Phi) is 6.13. The summed E-state index contributed by atoms with van der Waals surface area (Å²) in [4.78, 5) is 41.6. The van der Waals surface area contributed by atoms with Gasteiger partial charge in [-0.25, -0.2) is 0 Å². The molecule has 9 nitrogen and oxygen atoms in total. The topological polar surface area (TPSA) is 117 Å². The third-order valence-electron chi connectivity index (χ3n) is 7.01. The summed E-state index contributed by atoms with van der Waals surface area (Å²) in [6.45, 7) is 7.73. The maximum Gasteiger partial charge on any atom is 0.246 e.